The van der Waals surface area contributed by atoms with Crippen molar-refractivity contribution in [1.82, 2.24) is 4.72 Å². The van der Waals surface area contributed by atoms with Crippen molar-refractivity contribution in [3.8, 4) is 0 Å². The van der Waals surface area contributed by atoms with Gasteiger partial charge >= 0.3 is 0 Å². The van der Waals surface area contributed by atoms with Crippen LogP contribution in [0, 0.1) is 0 Å². The van der Waals surface area contributed by atoms with E-state index in [2.05, 4.69) is 20.7 Å². The highest BCUT2D eigenvalue weighted by Gasteiger charge is 2.32. The van der Waals surface area contributed by atoms with E-state index in [0.29, 0.717) is 16.6 Å². The van der Waals surface area contributed by atoms with Gasteiger partial charge in [-0.1, -0.05) is 0 Å². The van der Waals surface area contributed by atoms with E-state index in [-0.39, 0.29) is 16.4 Å². The van der Waals surface area contributed by atoms with Gasteiger partial charge in [0.15, 0.2) is 9.84 Å². The number of hydrogen-bond acceptors (Lipinski definition) is 5. The monoisotopic (exact) mass is 368 g/mol. The van der Waals surface area contributed by atoms with E-state index in [4.69, 9.17) is 5.73 Å². The Morgan fingerprint density at radius 3 is 2.63 bits per heavy atom. The maximum atomic E-state index is 12.2. The topological polar surface area (TPSA) is 106 Å². The molecule has 9 heteroatoms. The van der Waals surface area contributed by atoms with Gasteiger partial charge in [-0.05, 0) is 40.5 Å². The second-order valence-corrected chi connectivity index (χ2v) is 9.18. The zero-order valence-corrected chi connectivity index (χ0v) is 13.1. The number of nitrogens with one attached hydrogen (secondary N) is 1. The fourth-order valence-corrected chi connectivity index (χ4v) is 5.94. The SMILES string of the molecule is Nc1ccc(Br)c(S(=O)(=O)NC2CCS(=O)(=O)C2)c1. The Balaban J connectivity index is 2.26. The number of sulfonamides is 1. The molecule has 19 heavy (non-hydrogen) atoms. The highest BCUT2D eigenvalue weighted by molar-refractivity contribution is 9.10. The van der Waals surface area contributed by atoms with E-state index in [9.17, 15) is 16.8 Å². The molecule has 1 aromatic carbocycles. The minimum Gasteiger partial charge on any atom is -0.399 e. The van der Waals surface area contributed by atoms with Crippen molar-refractivity contribution in [1.29, 1.82) is 0 Å². The number of sulfone groups is 1. The van der Waals surface area contributed by atoms with Gasteiger partial charge in [0, 0.05) is 16.2 Å². The number of nitrogens with two attached hydrogens (primary N) is 1. The molecule has 2 rings (SSSR count). The van der Waals surface area contributed by atoms with Crippen LogP contribution in [0.3, 0.4) is 0 Å². The van der Waals surface area contributed by atoms with Crippen molar-refractivity contribution in [3.05, 3.63) is 22.7 Å². The van der Waals surface area contributed by atoms with Crippen LogP contribution in [-0.4, -0.2) is 34.4 Å². The molecule has 0 amide bonds. The van der Waals surface area contributed by atoms with Crippen LogP contribution in [0.5, 0.6) is 0 Å². The largest absolute Gasteiger partial charge is 0.399 e. The highest BCUT2D eigenvalue weighted by atomic mass is 79.9. The summed E-state index contributed by atoms with van der Waals surface area (Å²) in [6.45, 7) is 0. The standard InChI is InChI=1S/C10H13BrN2O4S2/c11-9-2-1-7(12)5-10(9)19(16,17)13-8-3-4-18(14,15)6-8/h1-2,5,8,13H,3-4,6,12H2. The highest BCUT2D eigenvalue weighted by Crippen LogP contribution is 2.25. The minimum atomic E-state index is -3.79. The summed E-state index contributed by atoms with van der Waals surface area (Å²) in [6.07, 6.45) is 0.293. The lowest BCUT2D eigenvalue weighted by molar-refractivity contribution is 0.562. The average Bonchev–Trinajstić information content (AvgIpc) is 2.60. The van der Waals surface area contributed by atoms with Gasteiger partial charge in [-0.15, -0.1) is 0 Å². The van der Waals surface area contributed by atoms with Crippen molar-refractivity contribution in [2.24, 2.45) is 0 Å². The molecule has 1 unspecified atom stereocenters. The molecular weight excluding hydrogens is 356 g/mol. The summed E-state index contributed by atoms with van der Waals surface area (Å²) in [5.41, 5.74) is 5.89. The van der Waals surface area contributed by atoms with E-state index in [1.807, 2.05) is 0 Å². The normalized spacial score (nSPS) is 22.5. The molecule has 1 fully saturated rings. The summed E-state index contributed by atoms with van der Waals surface area (Å²) >= 11 is 3.15. The van der Waals surface area contributed by atoms with E-state index in [1.165, 1.54) is 12.1 Å². The molecular formula is C10H13BrN2O4S2. The molecule has 0 spiro atoms. The molecule has 1 saturated heterocycles. The number of rotatable bonds is 3. The molecule has 1 atom stereocenters. The van der Waals surface area contributed by atoms with Crippen LogP contribution < -0.4 is 10.5 Å². The van der Waals surface area contributed by atoms with Gasteiger partial charge in [0.05, 0.1) is 16.4 Å². The lowest BCUT2D eigenvalue weighted by atomic mass is 10.3. The predicted octanol–water partition coefficient (Wildman–Crippen LogP) is 0.497. The average molecular weight is 369 g/mol. The molecule has 1 aliphatic rings. The van der Waals surface area contributed by atoms with Gasteiger partial charge < -0.3 is 5.73 Å². The van der Waals surface area contributed by atoms with Gasteiger partial charge in [-0.3, -0.25) is 0 Å². The summed E-state index contributed by atoms with van der Waals surface area (Å²) in [5.74, 6) is -0.148. The second kappa shape index (κ2) is 5.04. The van der Waals surface area contributed by atoms with E-state index >= 15 is 0 Å². The van der Waals surface area contributed by atoms with Crippen molar-refractivity contribution in [2.45, 2.75) is 17.4 Å². The van der Waals surface area contributed by atoms with Crippen molar-refractivity contribution in [3.63, 3.8) is 0 Å². The summed E-state index contributed by atoms with van der Waals surface area (Å²) < 4.78 is 49.8. The zero-order valence-electron chi connectivity index (χ0n) is 9.84. The van der Waals surface area contributed by atoms with Crippen molar-refractivity contribution < 1.29 is 16.8 Å². The van der Waals surface area contributed by atoms with Gasteiger partial charge in [0.25, 0.3) is 0 Å². The van der Waals surface area contributed by atoms with E-state index < -0.39 is 25.9 Å². The second-order valence-electron chi connectivity index (χ2n) is 4.41. The van der Waals surface area contributed by atoms with Crippen LogP contribution in [0.2, 0.25) is 0 Å². The Morgan fingerprint density at radius 2 is 2.05 bits per heavy atom. The Kier molecular flexibility index (Phi) is 3.92. The van der Waals surface area contributed by atoms with Gasteiger partial charge in [-0.2, -0.15) is 0 Å². The first-order valence-corrected chi connectivity index (χ1v) is 9.57. The molecule has 1 aromatic rings. The fraction of sp³-hybridized carbons (Fsp3) is 0.400. The molecule has 0 radical (unpaired) electrons. The smallest absolute Gasteiger partial charge is 0.242 e. The summed E-state index contributed by atoms with van der Waals surface area (Å²) in [7, 11) is -6.92. The number of benzene rings is 1. The van der Waals surface area contributed by atoms with Crippen LogP contribution in [0.25, 0.3) is 0 Å². The summed E-state index contributed by atoms with van der Waals surface area (Å²) in [5, 5.41) is 0. The van der Waals surface area contributed by atoms with E-state index in [0.717, 1.165) is 0 Å². The van der Waals surface area contributed by atoms with Crippen molar-refractivity contribution >= 4 is 41.5 Å². The van der Waals surface area contributed by atoms with Crippen LogP contribution in [-0.2, 0) is 19.9 Å². The third-order valence-corrected chi connectivity index (χ3v) is 7.08. The van der Waals surface area contributed by atoms with Gasteiger partial charge in [0.2, 0.25) is 10.0 Å². The Hall–Kier alpha value is -0.640. The third-order valence-electron chi connectivity index (χ3n) is 2.80. The van der Waals surface area contributed by atoms with E-state index in [1.54, 1.807) is 6.07 Å². The maximum Gasteiger partial charge on any atom is 0.242 e. The zero-order chi connectivity index (χ0) is 14.3. The molecule has 6 nitrogen and oxygen atoms in total. The third kappa shape index (κ3) is 3.47. The van der Waals surface area contributed by atoms with Crippen LogP contribution >= 0.6 is 15.9 Å². The lowest BCUT2D eigenvalue weighted by Gasteiger charge is -2.13. The summed E-state index contributed by atoms with van der Waals surface area (Å²) in [6, 6.07) is 3.86. The molecule has 3 N–H and O–H groups in total. The fourth-order valence-electron chi connectivity index (χ4n) is 1.90. The van der Waals surface area contributed by atoms with Gasteiger partial charge in [0.1, 0.15) is 0 Å². The lowest BCUT2D eigenvalue weighted by Crippen LogP contribution is -2.35. The van der Waals surface area contributed by atoms with Crippen LogP contribution in [0.1, 0.15) is 6.42 Å². The molecule has 0 aromatic heterocycles. The quantitative estimate of drug-likeness (QED) is 0.755. The Morgan fingerprint density at radius 1 is 1.37 bits per heavy atom. The van der Waals surface area contributed by atoms with Crippen molar-refractivity contribution in [2.75, 3.05) is 17.2 Å². The summed E-state index contributed by atoms with van der Waals surface area (Å²) in [4.78, 5) is 0.0109. The van der Waals surface area contributed by atoms with Gasteiger partial charge in [-0.25, -0.2) is 21.6 Å². The Labute approximate surface area is 120 Å². The predicted molar refractivity (Wildman–Crippen MR) is 75.9 cm³/mol. The Bertz CT molecular complexity index is 700. The first-order chi connectivity index (χ1) is 8.70. The minimum absolute atomic E-state index is 0.0109. The first kappa shape index (κ1) is 14.8. The van der Waals surface area contributed by atoms with Crippen LogP contribution in [0.4, 0.5) is 5.69 Å². The number of hydrogen-bond donors (Lipinski definition) is 2. The number of nitrogen functional groups attached to an aromatic ring is 1. The molecule has 0 bridgehead atoms. The molecule has 106 valence electrons. The number of anilines is 1. The molecule has 1 heterocycles. The van der Waals surface area contributed by atoms with Crippen LogP contribution in [0.15, 0.2) is 27.6 Å². The molecule has 0 aliphatic carbocycles. The molecule has 0 saturated carbocycles. The first-order valence-electron chi connectivity index (χ1n) is 5.47. The molecule has 1 aliphatic heterocycles. The number of halogens is 1. The maximum absolute atomic E-state index is 12.2.